The van der Waals surface area contributed by atoms with Crippen molar-refractivity contribution < 1.29 is 14.3 Å². The van der Waals surface area contributed by atoms with Gasteiger partial charge in [0, 0.05) is 24.2 Å². The van der Waals surface area contributed by atoms with E-state index in [0.717, 1.165) is 0 Å². The highest BCUT2D eigenvalue weighted by atomic mass is 35.5. The van der Waals surface area contributed by atoms with Crippen LogP contribution >= 0.6 is 23.2 Å². The van der Waals surface area contributed by atoms with E-state index >= 15 is 0 Å². The van der Waals surface area contributed by atoms with Gasteiger partial charge in [0.15, 0.2) is 5.60 Å². The Morgan fingerprint density at radius 2 is 1.86 bits per heavy atom. The molecule has 6 heteroatoms. The summed E-state index contributed by atoms with van der Waals surface area (Å²) in [6.45, 7) is 8.49. The van der Waals surface area contributed by atoms with Gasteiger partial charge in [0.2, 0.25) is 0 Å². The fraction of sp³-hybridized carbons (Fsp3) is 0.562. The van der Waals surface area contributed by atoms with Crippen molar-refractivity contribution in [3.05, 3.63) is 28.2 Å². The molecule has 1 amide bonds. The van der Waals surface area contributed by atoms with Gasteiger partial charge >= 0.3 is 0 Å². The second-order valence-corrected chi connectivity index (χ2v) is 7.00. The van der Waals surface area contributed by atoms with Gasteiger partial charge in [-0.15, -0.1) is 0 Å². The first-order valence-corrected chi connectivity index (χ1v) is 8.03. The topological polar surface area (TPSA) is 38.8 Å². The maximum Gasteiger partial charge on any atom is 0.266 e. The molecule has 1 aliphatic rings. The molecule has 1 fully saturated rings. The molecule has 0 unspecified atom stereocenters. The van der Waals surface area contributed by atoms with Gasteiger partial charge in [0.1, 0.15) is 5.75 Å². The number of rotatable bonds is 3. The van der Waals surface area contributed by atoms with E-state index in [4.69, 9.17) is 32.7 Å². The molecule has 1 aromatic carbocycles. The number of hydrogen-bond donors (Lipinski definition) is 0. The predicted molar refractivity (Wildman–Crippen MR) is 87.8 cm³/mol. The summed E-state index contributed by atoms with van der Waals surface area (Å²) in [7, 11) is 0. The highest BCUT2D eigenvalue weighted by Gasteiger charge is 2.37. The summed E-state index contributed by atoms with van der Waals surface area (Å²) in [5, 5.41) is 0.935. The molecule has 1 aromatic rings. The third-order valence-electron chi connectivity index (χ3n) is 3.48. The molecule has 0 saturated carbocycles. The Kier molecular flexibility index (Phi) is 5.25. The Bertz CT molecular complexity index is 552. The molecule has 1 heterocycles. The SMILES string of the molecule is C[C@@H]1CN(C(=O)C(C)(C)Oc2cc(Cl)ccc2Cl)C[C@@H](C)O1. The summed E-state index contributed by atoms with van der Waals surface area (Å²) in [6.07, 6.45) is 0.0246. The number of carbonyl (C=O) groups excluding carboxylic acids is 1. The van der Waals surface area contributed by atoms with Crippen molar-refractivity contribution in [1.82, 2.24) is 4.90 Å². The van der Waals surface area contributed by atoms with E-state index in [1.807, 2.05) is 13.8 Å². The van der Waals surface area contributed by atoms with Crippen LogP contribution in [0.15, 0.2) is 18.2 Å². The number of hydrogen-bond acceptors (Lipinski definition) is 3. The molecular weight excluding hydrogens is 325 g/mol. The minimum Gasteiger partial charge on any atom is -0.476 e. The lowest BCUT2D eigenvalue weighted by atomic mass is 10.1. The highest BCUT2D eigenvalue weighted by molar-refractivity contribution is 6.34. The van der Waals surface area contributed by atoms with E-state index in [1.165, 1.54) is 0 Å². The van der Waals surface area contributed by atoms with Crippen LogP contribution in [0.1, 0.15) is 27.7 Å². The maximum absolute atomic E-state index is 12.8. The highest BCUT2D eigenvalue weighted by Crippen LogP contribution is 2.31. The van der Waals surface area contributed by atoms with Crippen LogP contribution in [0.25, 0.3) is 0 Å². The van der Waals surface area contributed by atoms with Crippen molar-refractivity contribution in [3.63, 3.8) is 0 Å². The van der Waals surface area contributed by atoms with Crippen LogP contribution in [0.4, 0.5) is 0 Å². The summed E-state index contributed by atoms with van der Waals surface area (Å²) >= 11 is 12.1. The number of nitrogens with zero attached hydrogens (tertiary/aromatic N) is 1. The Hall–Kier alpha value is -0.970. The normalized spacial score (nSPS) is 22.5. The second-order valence-electron chi connectivity index (χ2n) is 6.15. The minimum atomic E-state index is -1.04. The maximum atomic E-state index is 12.8. The molecule has 2 rings (SSSR count). The Morgan fingerprint density at radius 1 is 1.27 bits per heavy atom. The fourth-order valence-corrected chi connectivity index (χ4v) is 2.92. The van der Waals surface area contributed by atoms with Gasteiger partial charge in [-0.05, 0) is 39.8 Å². The number of carbonyl (C=O) groups is 1. The molecule has 0 N–H and O–H groups in total. The van der Waals surface area contributed by atoms with Crippen LogP contribution in [0.5, 0.6) is 5.75 Å². The van der Waals surface area contributed by atoms with E-state index in [2.05, 4.69) is 0 Å². The van der Waals surface area contributed by atoms with Crippen LogP contribution in [-0.2, 0) is 9.53 Å². The average Bonchev–Trinajstić information content (AvgIpc) is 2.40. The van der Waals surface area contributed by atoms with Gasteiger partial charge in [0.05, 0.1) is 17.2 Å². The Labute approximate surface area is 141 Å². The molecule has 0 bridgehead atoms. The van der Waals surface area contributed by atoms with Gasteiger partial charge in [0.25, 0.3) is 5.91 Å². The van der Waals surface area contributed by atoms with Crippen molar-refractivity contribution in [3.8, 4) is 5.75 Å². The molecule has 1 saturated heterocycles. The third kappa shape index (κ3) is 4.06. The van der Waals surface area contributed by atoms with E-state index < -0.39 is 5.60 Å². The molecule has 22 heavy (non-hydrogen) atoms. The Morgan fingerprint density at radius 3 is 2.45 bits per heavy atom. The molecule has 4 nitrogen and oxygen atoms in total. The summed E-state index contributed by atoms with van der Waals surface area (Å²) in [5.41, 5.74) is -1.04. The van der Waals surface area contributed by atoms with Crippen LogP contribution in [0.3, 0.4) is 0 Å². The first-order valence-electron chi connectivity index (χ1n) is 7.28. The summed E-state index contributed by atoms with van der Waals surface area (Å²) < 4.78 is 11.5. The van der Waals surface area contributed by atoms with Gasteiger partial charge in [-0.3, -0.25) is 4.79 Å². The molecule has 1 aliphatic heterocycles. The summed E-state index contributed by atoms with van der Waals surface area (Å²) in [6, 6.07) is 4.94. The lowest BCUT2D eigenvalue weighted by molar-refractivity contribution is -0.156. The summed E-state index contributed by atoms with van der Waals surface area (Å²) in [4.78, 5) is 14.6. The number of halogens is 2. The lowest BCUT2D eigenvalue weighted by Crippen LogP contribution is -2.55. The first kappa shape index (κ1) is 17.4. The van der Waals surface area contributed by atoms with Crippen LogP contribution < -0.4 is 4.74 Å². The van der Waals surface area contributed by atoms with E-state index in [1.54, 1.807) is 36.9 Å². The van der Waals surface area contributed by atoms with E-state index in [-0.39, 0.29) is 18.1 Å². The van der Waals surface area contributed by atoms with Gasteiger partial charge < -0.3 is 14.4 Å². The molecule has 0 radical (unpaired) electrons. The third-order valence-corrected chi connectivity index (χ3v) is 4.03. The zero-order valence-corrected chi connectivity index (χ0v) is 14.7. The van der Waals surface area contributed by atoms with E-state index in [0.29, 0.717) is 28.9 Å². The number of morpholine rings is 1. The number of amides is 1. The van der Waals surface area contributed by atoms with Crippen molar-refractivity contribution in [2.45, 2.75) is 45.5 Å². The standard InChI is InChI=1S/C16H21Cl2NO3/c1-10-8-19(9-11(2)21-10)15(20)16(3,4)22-14-7-12(17)5-6-13(14)18/h5-7,10-11H,8-9H2,1-4H3/t10-,11-/m1/s1. The van der Waals surface area contributed by atoms with Crippen LogP contribution in [0.2, 0.25) is 10.0 Å². The zero-order valence-electron chi connectivity index (χ0n) is 13.2. The lowest BCUT2D eigenvalue weighted by Gasteiger charge is -2.39. The molecule has 0 spiro atoms. The first-order chi connectivity index (χ1) is 10.2. The van der Waals surface area contributed by atoms with Gasteiger partial charge in [-0.1, -0.05) is 23.2 Å². The average molecular weight is 346 g/mol. The molecule has 0 aromatic heterocycles. The smallest absolute Gasteiger partial charge is 0.266 e. The minimum absolute atomic E-state index is 0.0123. The van der Waals surface area contributed by atoms with Crippen molar-refractivity contribution in [2.75, 3.05) is 13.1 Å². The van der Waals surface area contributed by atoms with E-state index in [9.17, 15) is 4.79 Å². The van der Waals surface area contributed by atoms with Crippen LogP contribution in [-0.4, -0.2) is 41.7 Å². The molecule has 2 atom stereocenters. The zero-order chi connectivity index (χ0) is 16.5. The molecule has 0 aliphatic carbocycles. The van der Waals surface area contributed by atoms with Crippen LogP contribution in [0, 0.1) is 0 Å². The summed E-state index contributed by atoms with van der Waals surface area (Å²) in [5.74, 6) is 0.312. The van der Waals surface area contributed by atoms with Crippen molar-refractivity contribution in [1.29, 1.82) is 0 Å². The molecular formula is C16H21Cl2NO3. The fourth-order valence-electron chi connectivity index (χ4n) is 2.60. The van der Waals surface area contributed by atoms with Gasteiger partial charge in [-0.25, -0.2) is 0 Å². The van der Waals surface area contributed by atoms with Gasteiger partial charge in [-0.2, -0.15) is 0 Å². The number of benzene rings is 1. The Balaban J connectivity index is 2.15. The van der Waals surface area contributed by atoms with Crippen molar-refractivity contribution >= 4 is 29.1 Å². The number of ether oxygens (including phenoxy) is 2. The quantitative estimate of drug-likeness (QED) is 0.836. The largest absolute Gasteiger partial charge is 0.476 e. The monoisotopic (exact) mass is 345 g/mol. The second kappa shape index (κ2) is 6.65. The molecule has 122 valence electrons. The predicted octanol–water partition coefficient (Wildman–Crippen LogP) is 3.79. The van der Waals surface area contributed by atoms with Crippen molar-refractivity contribution in [2.24, 2.45) is 0 Å².